The van der Waals surface area contributed by atoms with E-state index in [2.05, 4.69) is 4.98 Å². The van der Waals surface area contributed by atoms with Gasteiger partial charge in [0.25, 0.3) is 0 Å². The second-order valence-electron chi connectivity index (χ2n) is 7.46. The number of pyridine rings is 1. The van der Waals surface area contributed by atoms with Crippen molar-refractivity contribution < 1.29 is 39.5 Å². The van der Waals surface area contributed by atoms with Crippen LogP contribution in [0.5, 0.6) is 28.7 Å². The zero-order valence-corrected chi connectivity index (χ0v) is 17.7. The molecular weight excluding hydrogens is 446 g/mol. The molecule has 2 aromatic heterocycles. The van der Waals surface area contributed by atoms with E-state index in [1.165, 1.54) is 25.6 Å². The van der Waals surface area contributed by atoms with E-state index >= 15 is 0 Å². The maximum Gasteiger partial charge on any atom is 0.306 e. The summed E-state index contributed by atoms with van der Waals surface area (Å²) in [5.74, 6) is -4.87. The molecule has 0 saturated carbocycles. The van der Waals surface area contributed by atoms with Crippen molar-refractivity contribution in [3.05, 3.63) is 70.1 Å². The van der Waals surface area contributed by atoms with Gasteiger partial charge in [-0.1, -0.05) is 6.07 Å². The molecule has 0 aliphatic carbocycles. The molecule has 0 radical (unpaired) electrons. The smallest absolute Gasteiger partial charge is 0.306 e. The predicted octanol–water partition coefficient (Wildman–Crippen LogP) is 3.08. The van der Waals surface area contributed by atoms with Gasteiger partial charge >= 0.3 is 5.97 Å². The summed E-state index contributed by atoms with van der Waals surface area (Å²) in [6.07, 6.45) is 2.71. The Morgan fingerprint density at radius 2 is 1.79 bits per heavy atom. The molecule has 4 aromatic rings. The molecule has 0 bridgehead atoms. The highest BCUT2D eigenvalue weighted by molar-refractivity contribution is 5.92. The first-order valence-electron chi connectivity index (χ1n) is 9.96. The quantitative estimate of drug-likeness (QED) is 0.218. The summed E-state index contributed by atoms with van der Waals surface area (Å²) in [5, 5.41) is 50.7. The number of esters is 1. The van der Waals surface area contributed by atoms with Crippen LogP contribution in [-0.2, 0) is 9.53 Å². The number of phenolic OH excluding ortho intramolecular Hbond substituents is 4. The molecule has 0 aliphatic rings. The molecule has 0 fully saturated rings. The number of hydrogen-bond acceptors (Lipinski definition) is 10. The van der Waals surface area contributed by atoms with E-state index in [-0.39, 0.29) is 28.9 Å². The maximum atomic E-state index is 13.0. The lowest BCUT2D eigenvalue weighted by Crippen LogP contribution is -2.12. The second kappa shape index (κ2) is 8.66. The molecule has 10 heteroatoms. The molecule has 174 valence electrons. The fraction of sp³-hybridized carbons (Fsp3) is 0.125. The summed E-state index contributed by atoms with van der Waals surface area (Å²) in [6, 6.07) is 7.66. The number of ether oxygens (including phenoxy) is 1. The van der Waals surface area contributed by atoms with Gasteiger partial charge in [-0.2, -0.15) is 0 Å². The number of carbonyl (C=O) groups excluding carboxylic acids is 1. The van der Waals surface area contributed by atoms with Crippen LogP contribution >= 0.6 is 0 Å². The molecule has 0 spiro atoms. The highest BCUT2D eigenvalue weighted by atomic mass is 16.5. The lowest BCUT2D eigenvalue weighted by atomic mass is 9.87. The average molecular weight is 465 g/mol. The van der Waals surface area contributed by atoms with Gasteiger partial charge < -0.3 is 34.7 Å². The van der Waals surface area contributed by atoms with Gasteiger partial charge in [0.1, 0.15) is 22.5 Å². The SMILES string of the molecule is COC(=O)CC(c1cccnc1)c1c(O)cc(O)c2c(=O)c(O)c(-c3ccc(O)c(O)c3)oc12. The number of benzene rings is 2. The zero-order valence-electron chi connectivity index (χ0n) is 17.7. The zero-order chi connectivity index (χ0) is 24.6. The molecule has 0 amide bonds. The van der Waals surface area contributed by atoms with Crippen LogP contribution in [0.25, 0.3) is 22.3 Å². The van der Waals surface area contributed by atoms with Crippen molar-refractivity contribution in [3.8, 4) is 40.1 Å². The Hall–Kier alpha value is -4.73. The molecule has 2 aromatic carbocycles. The number of aromatic nitrogens is 1. The summed E-state index contributed by atoms with van der Waals surface area (Å²) in [5.41, 5.74) is -0.806. The number of carbonyl (C=O) groups is 1. The van der Waals surface area contributed by atoms with Crippen molar-refractivity contribution in [1.29, 1.82) is 0 Å². The molecule has 2 heterocycles. The molecule has 0 aliphatic heterocycles. The molecule has 10 nitrogen and oxygen atoms in total. The highest BCUT2D eigenvalue weighted by Gasteiger charge is 2.30. The van der Waals surface area contributed by atoms with Gasteiger partial charge in [-0.15, -0.1) is 0 Å². The minimum atomic E-state index is -1.01. The van der Waals surface area contributed by atoms with E-state index in [0.717, 1.165) is 18.2 Å². The molecule has 5 N–H and O–H groups in total. The third kappa shape index (κ3) is 3.81. The normalized spacial score (nSPS) is 11.9. The average Bonchev–Trinajstić information content (AvgIpc) is 2.82. The van der Waals surface area contributed by atoms with E-state index in [4.69, 9.17) is 9.15 Å². The van der Waals surface area contributed by atoms with E-state index in [1.807, 2.05) is 0 Å². The largest absolute Gasteiger partial charge is 0.507 e. The van der Waals surface area contributed by atoms with Gasteiger partial charge in [-0.3, -0.25) is 14.6 Å². The minimum Gasteiger partial charge on any atom is -0.507 e. The Morgan fingerprint density at radius 1 is 1.03 bits per heavy atom. The fourth-order valence-corrected chi connectivity index (χ4v) is 3.76. The van der Waals surface area contributed by atoms with Crippen LogP contribution in [0.3, 0.4) is 0 Å². The van der Waals surface area contributed by atoms with Crippen LogP contribution in [0.1, 0.15) is 23.5 Å². The Kier molecular flexibility index (Phi) is 5.72. The number of rotatable bonds is 5. The highest BCUT2D eigenvalue weighted by Crippen LogP contribution is 2.44. The van der Waals surface area contributed by atoms with Gasteiger partial charge in [0, 0.05) is 35.5 Å². The van der Waals surface area contributed by atoms with E-state index < -0.39 is 51.4 Å². The third-order valence-corrected chi connectivity index (χ3v) is 5.41. The standard InChI is InChI=1S/C24H19NO9/c1-33-18(30)8-13(12-3-2-6-25-10-12)19-16(28)9-17(29)20-21(31)22(32)23(34-24(19)20)11-4-5-14(26)15(27)7-11/h2-7,9-10,13,26-29,32H,8H2,1H3. The molecule has 0 saturated heterocycles. The number of aromatic hydroxyl groups is 5. The topological polar surface area (TPSA) is 171 Å². The van der Waals surface area contributed by atoms with Crippen LogP contribution in [-0.4, -0.2) is 43.6 Å². The monoisotopic (exact) mass is 465 g/mol. The van der Waals surface area contributed by atoms with E-state index in [1.54, 1.807) is 12.1 Å². The predicted molar refractivity (Wildman–Crippen MR) is 119 cm³/mol. The fourth-order valence-electron chi connectivity index (χ4n) is 3.76. The molecular formula is C24H19NO9. The summed E-state index contributed by atoms with van der Waals surface area (Å²) in [4.78, 5) is 29.3. The number of phenols is 4. The molecule has 4 rings (SSSR count). The lowest BCUT2D eigenvalue weighted by Gasteiger charge is -2.20. The van der Waals surface area contributed by atoms with Gasteiger partial charge in [-0.05, 0) is 29.8 Å². The summed E-state index contributed by atoms with van der Waals surface area (Å²) in [6.45, 7) is 0. The van der Waals surface area contributed by atoms with Crippen molar-refractivity contribution >= 4 is 16.9 Å². The first kappa shape index (κ1) is 22.5. The Morgan fingerprint density at radius 3 is 2.44 bits per heavy atom. The Balaban J connectivity index is 2.08. The summed E-state index contributed by atoms with van der Waals surface area (Å²) >= 11 is 0. The van der Waals surface area contributed by atoms with Crippen molar-refractivity contribution in [3.63, 3.8) is 0 Å². The maximum absolute atomic E-state index is 13.0. The van der Waals surface area contributed by atoms with Crippen molar-refractivity contribution in [2.75, 3.05) is 7.11 Å². The van der Waals surface area contributed by atoms with Crippen LogP contribution in [0, 0.1) is 0 Å². The Labute approximate surface area is 191 Å². The van der Waals surface area contributed by atoms with Gasteiger partial charge in [-0.25, -0.2) is 0 Å². The van der Waals surface area contributed by atoms with Crippen molar-refractivity contribution in [2.24, 2.45) is 0 Å². The lowest BCUT2D eigenvalue weighted by molar-refractivity contribution is -0.140. The van der Waals surface area contributed by atoms with Crippen LogP contribution < -0.4 is 5.43 Å². The van der Waals surface area contributed by atoms with Crippen LogP contribution in [0.2, 0.25) is 0 Å². The first-order valence-corrected chi connectivity index (χ1v) is 9.96. The van der Waals surface area contributed by atoms with Gasteiger partial charge in [0.2, 0.25) is 11.2 Å². The van der Waals surface area contributed by atoms with Crippen molar-refractivity contribution in [1.82, 2.24) is 4.98 Å². The van der Waals surface area contributed by atoms with Gasteiger partial charge in [0.05, 0.1) is 13.5 Å². The third-order valence-electron chi connectivity index (χ3n) is 5.41. The minimum absolute atomic E-state index is 0.0208. The second-order valence-corrected chi connectivity index (χ2v) is 7.46. The first-order chi connectivity index (χ1) is 16.2. The van der Waals surface area contributed by atoms with Gasteiger partial charge in [0.15, 0.2) is 17.3 Å². The van der Waals surface area contributed by atoms with E-state index in [0.29, 0.717) is 5.56 Å². The number of hydrogen-bond donors (Lipinski definition) is 5. The van der Waals surface area contributed by atoms with Crippen LogP contribution in [0.15, 0.2) is 58.0 Å². The molecule has 34 heavy (non-hydrogen) atoms. The summed E-state index contributed by atoms with van der Waals surface area (Å²) in [7, 11) is 1.20. The Bertz CT molecular complexity index is 1460. The number of fused-ring (bicyclic) bond motifs is 1. The number of methoxy groups -OCH3 is 1. The van der Waals surface area contributed by atoms with Crippen molar-refractivity contribution in [2.45, 2.75) is 12.3 Å². The van der Waals surface area contributed by atoms with Crippen LogP contribution in [0.4, 0.5) is 0 Å². The summed E-state index contributed by atoms with van der Waals surface area (Å²) < 4.78 is 10.6. The molecule has 1 unspecified atom stereocenters. The van der Waals surface area contributed by atoms with E-state index in [9.17, 15) is 35.1 Å². The number of nitrogens with zero attached hydrogens (tertiary/aromatic N) is 1. The molecule has 1 atom stereocenters.